The first-order chi connectivity index (χ1) is 15.3. The van der Waals surface area contributed by atoms with Crippen LogP contribution in [0.2, 0.25) is 0 Å². The van der Waals surface area contributed by atoms with E-state index in [9.17, 15) is 19.7 Å². The predicted molar refractivity (Wildman–Crippen MR) is 123 cm³/mol. The van der Waals surface area contributed by atoms with Crippen LogP contribution in [0, 0.1) is 22.0 Å². The highest BCUT2D eigenvalue weighted by molar-refractivity contribution is 6.45. The highest BCUT2D eigenvalue weighted by Gasteiger charge is 2.43. The number of non-ortho nitro benzene ring substituents is 1. The largest absolute Gasteiger partial charge is 0.366 e. The van der Waals surface area contributed by atoms with Crippen molar-refractivity contribution in [3.63, 3.8) is 0 Å². The van der Waals surface area contributed by atoms with Gasteiger partial charge in [0.15, 0.2) is 0 Å². The zero-order valence-electron chi connectivity index (χ0n) is 18.6. The van der Waals surface area contributed by atoms with Gasteiger partial charge in [0.2, 0.25) is 0 Å². The van der Waals surface area contributed by atoms with E-state index in [4.69, 9.17) is 0 Å². The lowest BCUT2D eigenvalue weighted by molar-refractivity contribution is -0.384. The van der Waals surface area contributed by atoms with E-state index in [0.717, 1.165) is 18.4 Å². The molecule has 0 saturated carbocycles. The lowest BCUT2D eigenvalue weighted by Crippen LogP contribution is -2.42. The Kier molecular flexibility index (Phi) is 5.82. The van der Waals surface area contributed by atoms with Gasteiger partial charge in [-0.05, 0) is 60.1 Å². The molecule has 2 aromatic carbocycles. The molecule has 0 aromatic heterocycles. The molecule has 2 heterocycles. The Hall–Kier alpha value is -3.48. The molecule has 0 N–H and O–H groups in total. The molecule has 166 valence electrons. The topological polar surface area (TPSA) is 83.8 Å². The van der Waals surface area contributed by atoms with Gasteiger partial charge in [0.1, 0.15) is 5.70 Å². The van der Waals surface area contributed by atoms with Crippen molar-refractivity contribution in [2.24, 2.45) is 11.8 Å². The van der Waals surface area contributed by atoms with E-state index in [1.807, 2.05) is 24.0 Å². The molecule has 0 spiro atoms. The van der Waals surface area contributed by atoms with Crippen molar-refractivity contribution in [2.45, 2.75) is 33.6 Å². The summed E-state index contributed by atoms with van der Waals surface area (Å²) in [6, 6.07) is 13.3. The van der Waals surface area contributed by atoms with E-state index >= 15 is 0 Å². The summed E-state index contributed by atoms with van der Waals surface area (Å²) in [5, 5.41) is 11.1. The number of imide groups is 1. The van der Waals surface area contributed by atoms with Crippen molar-refractivity contribution in [3.8, 4) is 0 Å². The SMILES string of the molecule is CCc1ccc(N2C(=O)C(c3ccc([N+](=O)[O-])cc3)=C(N3CC(C)CC(C)C3)C2=O)cc1. The number of amides is 2. The number of likely N-dealkylation sites (tertiary alicyclic amines) is 1. The molecule has 0 radical (unpaired) electrons. The summed E-state index contributed by atoms with van der Waals surface area (Å²) in [6.07, 6.45) is 1.93. The summed E-state index contributed by atoms with van der Waals surface area (Å²) in [4.78, 5) is 41.1. The van der Waals surface area contributed by atoms with E-state index in [2.05, 4.69) is 13.8 Å². The maximum absolute atomic E-state index is 13.6. The minimum absolute atomic E-state index is 0.0556. The molecule has 7 nitrogen and oxygen atoms in total. The van der Waals surface area contributed by atoms with E-state index in [-0.39, 0.29) is 11.6 Å². The third-order valence-corrected chi connectivity index (χ3v) is 6.21. The van der Waals surface area contributed by atoms with Crippen LogP contribution in [0.15, 0.2) is 54.2 Å². The molecule has 32 heavy (non-hydrogen) atoms. The van der Waals surface area contributed by atoms with Crippen LogP contribution >= 0.6 is 0 Å². The minimum Gasteiger partial charge on any atom is -0.366 e. The van der Waals surface area contributed by atoms with Crippen LogP contribution in [0.1, 0.15) is 38.3 Å². The molecule has 0 bridgehead atoms. The monoisotopic (exact) mass is 433 g/mol. The molecule has 2 aliphatic heterocycles. The Morgan fingerprint density at radius 3 is 2.06 bits per heavy atom. The van der Waals surface area contributed by atoms with E-state index in [1.165, 1.54) is 17.0 Å². The number of piperidine rings is 1. The fraction of sp³-hybridized carbons (Fsp3) is 0.360. The van der Waals surface area contributed by atoms with E-state index in [1.54, 1.807) is 24.3 Å². The number of rotatable bonds is 5. The Bertz CT molecular complexity index is 1080. The van der Waals surface area contributed by atoms with Crippen molar-refractivity contribution in [1.82, 2.24) is 4.90 Å². The smallest absolute Gasteiger partial charge is 0.282 e. The molecular formula is C25H27N3O4. The number of aryl methyl sites for hydroxylation is 1. The molecule has 1 saturated heterocycles. The second-order valence-corrected chi connectivity index (χ2v) is 8.84. The van der Waals surface area contributed by atoms with Gasteiger partial charge in [-0.3, -0.25) is 19.7 Å². The Labute approximate surface area is 187 Å². The number of benzene rings is 2. The van der Waals surface area contributed by atoms with Gasteiger partial charge < -0.3 is 4.90 Å². The molecule has 2 unspecified atom stereocenters. The number of anilines is 1. The first kappa shape index (κ1) is 21.7. The predicted octanol–water partition coefficient (Wildman–Crippen LogP) is 4.42. The fourth-order valence-electron chi connectivity index (χ4n) is 4.78. The van der Waals surface area contributed by atoms with E-state index < -0.39 is 10.8 Å². The van der Waals surface area contributed by atoms with E-state index in [0.29, 0.717) is 47.4 Å². The maximum atomic E-state index is 13.6. The van der Waals surface area contributed by atoms with Crippen LogP contribution in [0.25, 0.3) is 5.57 Å². The van der Waals surface area contributed by atoms with Crippen molar-refractivity contribution in [2.75, 3.05) is 18.0 Å². The maximum Gasteiger partial charge on any atom is 0.282 e. The van der Waals surface area contributed by atoms with Gasteiger partial charge in [-0.15, -0.1) is 0 Å². The summed E-state index contributed by atoms with van der Waals surface area (Å²) in [5.74, 6) is 0.0539. The summed E-state index contributed by atoms with van der Waals surface area (Å²) in [6.45, 7) is 7.73. The van der Waals surface area contributed by atoms with Gasteiger partial charge in [-0.1, -0.05) is 32.9 Å². The minimum atomic E-state index is -0.476. The second-order valence-electron chi connectivity index (χ2n) is 8.84. The number of carbonyl (C=O) groups is 2. The zero-order valence-corrected chi connectivity index (χ0v) is 18.6. The van der Waals surface area contributed by atoms with Gasteiger partial charge >= 0.3 is 0 Å². The molecule has 7 heteroatoms. The summed E-state index contributed by atoms with van der Waals surface area (Å²) in [7, 11) is 0. The lowest BCUT2D eigenvalue weighted by atomic mass is 9.91. The molecule has 2 aliphatic rings. The number of hydrogen-bond acceptors (Lipinski definition) is 5. The van der Waals surface area contributed by atoms with Gasteiger partial charge in [-0.2, -0.15) is 0 Å². The summed E-state index contributed by atoms with van der Waals surface area (Å²) >= 11 is 0. The van der Waals surface area contributed by atoms with Crippen molar-refractivity contribution in [3.05, 3.63) is 75.5 Å². The number of nitro groups is 1. The third-order valence-electron chi connectivity index (χ3n) is 6.21. The Morgan fingerprint density at radius 1 is 0.938 bits per heavy atom. The molecule has 2 amide bonds. The Balaban J connectivity index is 1.80. The van der Waals surface area contributed by atoms with Gasteiger partial charge in [0, 0.05) is 25.2 Å². The molecule has 2 aromatic rings. The van der Waals surface area contributed by atoms with Crippen LogP contribution in [0.4, 0.5) is 11.4 Å². The third kappa shape index (κ3) is 3.90. The van der Waals surface area contributed by atoms with Crippen LogP contribution in [0.3, 0.4) is 0 Å². The van der Waals surface area contributed by atoms with Gasteiger partial charge in [-0.25, -0.2) is 4.90 Å². The molecule has 1 fully saturated rings. The second kappa shape index (κ2) is 8.57. The van der Waals surface area contributed by atoms with Crippen molar-refractivity contribution >= 4 is 28.8 Å². The van der Waals surface area contributed by atoms with Crippen LogP contribution < -0.4 is 4.90 Å². The first-order valence-corrected chi connectivity index (χ1v) is 11.0. The van der Waals surface area contributed by atoms with Crippen LogP contribution in [-0.2, 0) is 16.0 Å². The molecular weight excluding hydrogens is 406 g/mol. The summed E-state index contributed by atoms with van der Waals surface area (Å²) < 4.78 is 0. The average Bonchev–Trinajstić information content (AvgIpc) is 3.03. The fourth-order valence-corrected chi connectivity index (χ4v) is 4.78. The highest BCUT2D eigenvalue weighted by atomic mass is 16.6. The van der Waals surface area contributed by atoms with Crippen molar-refractivity contribution < 1.29 is 14.5 Å². The first-order valence-electron chi connectivity index (χ1n) is 11.0. The molecule has 0 aliphatic carbocycles. The van der Waals surface area contributed by atoms with Gasteiger partial charge in [0.25, 0.3) is 17.5 Å². The number of nitro benzene ring substituents is 1. The molecule has 2 atom stereocenters. The highest BCUT2D eigenvalue weighted by Crippen LogP contribution is 2.37. The average molecular weight is 434 g/mol. The van der Waals surface area contributed by atoms with Crippen LogP contribution in [-0.4, -0.2) is 34.7 Å². The standard InChI is InChI=1S/C25H27N3O4/c1-4-18-5-9-20(10-6-18)27-24(29)22(19-7-11-21(12-8-19)28(31)32)23(25(27)30)26-14-16(2)13-17(3)15-26/h5-12,16-17H,4,13-15H2,1-3H3. The summed E-state index contributed by atoms with van der Waals surface area (Å²) in [5.41, 5.74) is 2.81. The number of carbonyl (C=O) groups excluding carboxylic acids is 2. The van der Waals surface area contributed by atoms with Crippen molar-refractivity contribution in [1.29, 1.82) is 0 Å². The Morgan fingerprint density at radius 2 is 1.53 bits per heavy atom. The molecule has 4 rings (SSSR count). The number of hydrogen-bond donors (Lipinski definition) is 0. The zero-order chi connectivity index (χ0) is 23.0. The van der Waals surface area contributed by atoms with Gasteiger partial charge in [0.05, 0.1) is 16.2 Å². The number of nitrogens with zero attached hydrogens (tertiary/aromatic N) is 3. The lowest BCUT2D eigenvalue weighted by Gasteiger charge is -2.37. The normalized spacial score (nSPS) is 21.5. The van der Waals surface area contributed by atoms with Crippen LogP contribution in [0.5, 0.6) is 0 Å². The quantitative estimate of drug-likeness (QED) is 0.396.